The van der Waals surface area contributed by atoms with Crippen LogP contribution in [0, 0.1) is 0 Å². The molecule has 0 saturated heterocycles. The molecule has 1 rings (SSSR count). The SMILES string of the molecule is CCS(=O)(=O)c1cccc(CC(=O)NC(C)(C)CCC(=O)O)c1. The lowest BCUT2D eigenvalue weighted by molar-refractivity contribution is -0.137. The van der Waals surface area contributed by atoms with E-state index in [0.717, 1.165) is 0 Å². The van der Waals surface area contributed by atoms with Crippen molar-refractivity contribution in [1.29, 1.82) is 0 Å². The Hall–Kier alpha value is -1.89. The van der Waals surface area contributed by atoms with Crippen LogP contribution in [-0.2, 0) is 25.8 Å². The van der Waals surface area contributed by atoms with Gasteiger partial charge < -0.3 is 10.4 Å². The number of carbonyl (C=O) groups is 2. The number of amides is 1. The summed E-state index contributed by atoms with van der Waals surface area (Å²) in [6.45, 7) is 5.08. The largest absolute Gasteiger partial charge is 0.481 e. The van der Waals surface area contributed by atoms with Gasteiger partial charge in [0, 0.05) is 12.0 Å². The van der Waals surface area contributed by atoms with Gasteiger partial charge in [-0.2, -0.15) is 0 Å². The number of carboxylic acid groups (broad SMARTS) is 1. The van der Waals surface area contributed by atoms with Crippen molar-refractivity contribution in [3.8, 4) is 0 Å². The summed E-state index contributed by atoms with van der Waals surface area (Å²) in [7, 11) is -3.31. The van der Waals surface area contributed by atoms with Crippen molar-refractivity contribution in [2.24, 2.45) is 0 Å². The zero-order chi connectivity index (χ0) is 17.7. The van der Waals surface area contributed by atoms with Crippen LogP contribution in [0.25, 0.3) is 0 Å². The molecule has 1 aromatic carbocycles. The summed E-state index contributed by atoms with van der Waals surface area (Å²) >= 11 is 0. The molecule has 7 heteroatoms. The lowest BCUT2D eigenvalue weighted by Gasteiger charge is -2.25. The summed E-state index contributed by atoms with van der Waals surface area (Å²) in [5.74, 6) is -1.18. The topological polar surface area (TPSA) is 101 Å². The summed E-state index contributed by atoms with van der Waals surface area (Å²) in [6, 6.07) is 6.32. The molecule has 0 fully saturated rings. The third-order valence-electron chi connectivity index (χ3n) is 3.44. The predicted molar refractivity (Wildman–Crippen MR) is 87.0 cm³/mol. The van der Waals surface area contributed by atoms with Gasteiger partial charge in [-0.1, -0.05) is 19.1 Å². The van der Waals surface area contributed by atoms with Crippen molar-refractivity contribution in [3.63, 3.8) is 0 Å². The van der Waals surface area contributed by atoms with E-state index in [-0.39, 0.29) is 29.4 Å². The van der Waals surface area contributed by atoms with Gasteiger partial charge in [0.1, 0.15) is 0 Å². The third-order valence-corrected chi connectivity index (χ3v) is 5.18. The first-order chi connectivity index (χ1) is 10.6. The molecule has 0 saturated carbocycles. The van der Waals surface area contributed by atoms with Crippen LogP contribution in [0.1, 0.15) is 39.2 Å². The predicted octanol–water partition coefficient (Wildman–Crippen LogP) is 1.78. The molecular weight excluding hydrogens is 318 g/mol. The van der Waals surface area contributed by atoms with E-state index in [0.29, 0.717) is 12.0 Å². The standard InChI is InChI=1S/C16H23NO5S/c1-4-23(21,22)13-7-5-6-12(10-13)11-14(18)17-16(2,3)9-8-15(19)20/h5-7,10H,4,8-9,11H2,1-3H3,(H,17,18)(H,19,20). The van der Waals surface area contributed by atoms with Gasteiger partial charge in [0.05, 0.1) is 17.1 Å². The highest BCUT2D eigenvalue weighted by molar-refractivity contribution is 7.91. The van der Waals surface area contributed by atoms with Crippen molar-refractivity contribution in [1.82, 2.24) is 5.32 Å². The molecule has 0 aliphatic carbocycles. The van der Waals surface area contributed by atoms with Crippen LogP contribution in [-0.4, -0.2) is 36.7 Å². The van der Waals surface area contributed by atoms with E-state index in [1.807, 2.05) is 0 Å². The monoisotopic (exact) mass is 341 g/mol. The van der Waals surface area contributed by atoms with Crippen molar-refractivity contribution in [2.75, 3.05) is 5.75 Å². The van der Waals surface area contributed by atoms with Gasteiger partial charge in [-0.15, -0.1) is 0 Å². The number of benzene rings is 1. The molecule has 2 N–H and O–H groups in total. The second kappa shape index (κ2) is 7.59. The molecule has 0 heterocycles. The number of hydrogen-bond acceptors (Lipinski definition) is 4. The molecule has 0 radical (unpaired) electrons. The van der Waals surface area contributed by atoms with E-state index >= 15 is 0 Å². The number of rotatable bonds is 8. The van der Waals surface area contributed by atoms with Crippen LogP contribution >= 0.6 is 0 Å². The fraction of sp³-hybridized carbons (Fsp3) is 0.500. The Morgan fingerprint density at radius 2 is 1.91 bits per heavy atom. The van der Waals surface area contributed by atoms with E-state index < -0.39 is 21.3 Å². The maximum atomic E-state index is 12.1. The van der Waals surface area contributed by atoms with Gasteiger partial charge >= 0.3 is 5.97 Å². The van der Waals surface area contributed by atoms with Crippen LogP contribution in [0.5, 0.6) is 0 Å². The molecule has 23 heavy (non-hydrogen) atoms. The third kappa shape index (κ3) is 6.40. The van der Waals surface area contributed by atoms with Crippen molar-refractivity contribution in [2.45, 2.75) is 50.5 Å². The highest BCUT2D eigenvalue weighted by Gasteiger charge is 2.22. The molecule has 0 aliphatic rings. The number of sulfone groups is 1. The first-order valence-corrected chi connectivity index (χ1v) is 9.05. The summed E-state index contributed by atoms with van der Waals surface area (Å²) in [5.41, 5.74) is -0.0335. The van der Waals surface area contributed by atoms with Crippen molar-refractivity contribution >= 4 is 21.7 Å². The quantitative estimate of drug-likeness (QED) is 0.751. The fourth-order valence-corrected chi connectivity index (χ4v) is 3.05. The molecule has 128 valence electrons. The number of nitrogens with one attached hydrogen (secondary N) is 1. The summed E-state index contributed by atoms with van der Waals surface area (Å²) < 4.78 is 23.7. The van der Waals surface area contributed by atoms with Crippen LogP contribution in [0.4, 0.5) is 0 Å². The maximum absolute atomic E-state index is 12.1. The molecule has 0 unspecified atom stereocenters. The second-order valence-corrected chi connectivity index (χ2v) is 8.33. The van der Waals surface area contributed by atoms with E-state index in [9.17, 15) is 18.0 Å². The lowest BCUT2D eigenvalue weighted by atomic mass is 9.98. The van der Waals surface area contributed by atoms with E-state index in [1.54, 1.807) is 32.9 Å². The van der Waals surface area contributed by atoms with E-state index in [2.05, 4.69) is 5.32 Å². The van der Waals surface area contributed by atoms with Gasteiger partial charge in [0.15, 0.2) is 9.84 Å². The molecular formula is C16H23NO5S. The zero-order valence-corrected chi connectivity index (χ0v) is 14.4. The Morgan fingerprint density at radius 3 is 2.48 bits per heavy atom. The lowest BCUT2D eigenvalue weighted by Crippen LogP contribution is -2.44. The van der Waals surface area contributed by atoms with Gasteiger partial charge in [-0.05, 0) is 38.0 Å². The Labute approximate surface area is 136 Å². The van der Waals surface area contributed by atoms with Crippen molar-refractivity contribution < 1.29 is 23.1 Å². The maximum Gasteiger partial charge on any atom is 0.303 e. The molecule has 1 aromatic rings. The zero-order valence-electron chi connectivity index (χ0n) is 13.6. The molecule has 6 nitrogen and oxygen atoms in total. The number of aliphatic carboxylic acids is 1. The first-order valence-electron chi connectivity index (χ1n) is 7.40. The van der Waals surface area contributed by atoms with Gasteiger partial charge in [0.2, 0.25) is 5.91 Å². The second-order valence-electron chi connectivity index (χ2n) is 6.05. The van der Waals surface area contributed by atoms with Gasteiger partial charge in [-0.3, -0.25) is 9.59 Å². The van der Waals surface area contributed by atoms with Crippen LogP contribution < -0.4 is 5.32 Å². The van der Waals surface area contributed by atoms with Gasteiger partial charge in [-0.25, -0.2) is 8.42 Å². The summed E-state index contributed by atoms with van der Waals surface area (Å²) in [5, 5.41) is 11.5. The first kappa shape index (κ1) is 19.2. The highest BCUT2D eigenvalue weighted by Crippen LogP contribution is 2.15. The average molecular weight is 341 g/mol. The molecule has 0 aliphatic heterocycles. The molecule has 0 atom stereocenters. The van der Waals surface area contributed by atoms with Crippen molar-refractivity contribution in [3.05, 3.63) is 29.8 Å². The normalized spacial score (nSPS) is 12.0. The molecule has 1 amide bonds. The Balaban J connectivity index is 2.75. The Bertz CT molecular complexity index is 679. The van der Waals surface area contributed by atoms with E-state index in [1.165, 1.54) is 12.1 Å². The molecule has 0 spiro atoms. The van der Waals surface area contributed by atoms with Crippen LogP contribution in [0.3, 0.4) is 0 Å². The van der Waals surface area contributed by atoms with Crippen LogP contribution in [0.2, 0.25) is 0 Å². The summed E-state index contributed by atoms with van der Waals surface area (Å²) in [4.78, 5) is 22.9. The Morgan fingerprint density at radius 1 is 1.26 bits per heavy atom. The highest BCUT2D eigenvalue weighted by atomic mass is 32.2. The number of hydrogen-bond donors (Lipinski definition) is 2. The Kier molecular flexibility index (Phi) is 6.32. The van der Waals surface area contributed by atoms with Gasteiger partial charge in [0.25, 0.3) is 0 Å². The fourth-order valence-electron chi connectivity index (χ4n) is 2.10. The molecule has 0 bridgehead atoms. The number of carbonyl (C=O) groups excluding carboxylic acids is 1. The minimum Gasteiger partial charge on any atom is -0.481 e. The molecule has 0 aromatic heterocycles. The minimum absolute atomic E-state index is 0.00483. The summed E-state index contributed by atoms with van der Waals surface area (Å²) in [6.07, 6.45) is 0.333. The average Bonchev–Trinajstić information content (AvgIpc) is 2.45. The van der Waals surface area contributed by atoms with Crippen LogP contribution in [0.15, 0.2) is 29.2 Å². The smallest absolute Gasteiger partial charge is 0.303 e. The minimum atomic E-state index is -3.31. The number of carboxylic acids is 1. The van der Waals surface area contributed by atoms with E-state index in [4.69, 9.17) is 5.11 Å².